The minimum absolute atomic E-state index is 0.257. The summed E-state index contributed by atoms with van der Waals surface area (Å²) in [5.41, 5.74) is 2.54. The SMILES string of the molecule is CC(C)(O)c1coc(S(=O)(=O)NC(=O)Nc2c(-c3cccc(F)c3)ccc3c2CCC3)c1. The van der Waals surface area contributed by atoms with Crippen molar-refractivity contribution in [2.45, 2.75) is 43.8 Å². The van der Waals surface area contributed by atoms with Gasteiger partial charge in [-0.25, -0.2) is 13.9 Å². The summed E-state index contributed by atoms with van der Waals surface area (Å²) in [6, 6.07) is 9.92. The third kappa shape index (κ3) is 4.39. The molecule has 0 saturated carbocycles. The molecule has 7 nitrogen and oxygen atoms in total. The zero-order valence-electron chi connectivity index (χ0n) is 17.6. The number of amides is 2. The van der Waals surface area contributed by atoms with Crippen LogP contribution in [-0.4, -0.2) is 19.6 Å². The zero-order chi connectivity index (χ0) is 23.1. The van der Waals surface area contributed by atoms with Crippen LogP contribution in [0.15, 0.2) is 58.2 Å². The van der Waals surface area contributed by atoms with E-state index in [1.807, 2.05) is 10.8 Å². The minimum atomic E-state index is -4.32. The minimum Gasteiger partial charge on any atom is -0.451 e. The van der Waals surface area contributed by atoms with Crippen LogP contribution >= 0.6 is 0 Å². The van der Waals surface area contributed by atoms with E-state index < -0.39 is 32.6 Å². The molecular weight excluding hydrogens is 435 g/mol. The number of carbonyl (C=O) groups is 1. The number of furan rings is 1. The van der Waals surface area contributed by atoms with Crippen LogP contribution in [0, 0.1) is 5.82 Å². The fourth-order valence-corrected chi connectivity index (χ4v) is 4.65. The molecule has 2 amide bonds. The fourth-order valence-electron chi connectivity index (χ4n) is 3.80. The Bertz CT molecular complexity index is 1290. The summed E-state index contributed by atoms with van der Waals surface area (Å²) in [6.07, 6.45) is 3.59. The number of urea groups is 1. The largest absolute Gasteiger partial charge is 0.451 e. The van der Waals surface area contributed by atoms with Gasteiger partial charge in [0.15, 0.2) is 0 Å². The lowest BCUT2D eigenvalue weighted by Gasteiger charge is -2.16. The first-order chi connectivity index (χ1) is 15.0. The predicted molar refractivity (Wildman–Crippen MR) is 117 cm³/mol. The molecule has 0 bridgehead atoms. The van der Waals surface area contributed by atoms with Crippen LogP contribution in [0.25, 0.3) is 11.1 Å². The van der Waals surface area contributed by atoms with Crippen molar-refractivity contribution >= 4 is 21.7 Å². The number of aryl methyl sites for hydroxylation is 1. The summed E-state index contributed by atoms with van der Waals surface area (Å²) < 4.78 is 46.0. The molecule has 1 heterocycles. The number of nitrogens with one attached hydrogen (secondary N) is 2. The van der Waals surface area contributed by atoms with Crippen molar-refractivity contribution < 1.29 is 27.1 Å². The van der Waals surface area contributed by atoms with E-state index in [4.69, 9.17) is 4.42 Å². The smallest absolute Gasteiger partial charge is 0.333 e. The Labute approximate surface area is 185 Å². The Kier molecular flexibility index (Phi) is 5.56. The Morgan fingerprint density at radius 3 is 2.62 bits per heavy atom. The van der Waals surface area contributed by atoms with Gasteiger partial charge >= 0.3 is 6.03 Å². The third-order valence-corrected chi connectivity index (χ3v) is 6.63. The molecule has 0 spiro atoms. The highest BCUT2D eigenvalue weighted by Gasteiger charge is 2.27. The van der Waals surface area contributed by atoms with Gasteiger partial charge in [0.05, 0.1) is 17.6 Å². The molecule has 2 aromatic carbocycles. The summed E-state index contributed by atoms with van der Waals surface area (Å²) >= 11 is 0. The molecule has 1 aliphatic carbocycles. The van der Waals surface area contributed by atoms with Crippen LogP contribution in [0.1, 0.15) is 37.0 Å². The highest BCUT2D eigenvalue weighted by molar-refractivity contribution is 7.89. The van der Waals surface area contributed by atoms with Crippen molar-refractivity contribution in [3.05, 3.63) is 71.2 Å². The maximum Gasteiger partial charge on any atom is 0.333 e. The first-order valence-electron chi connectivity index (χ1n) is 10.1. The summed E-state index contributed by atoms with van der Waals surface area (Å²) in [4.78, 5) is 12.7. The van der Waals surface area contributed by atoms with E-state index in [0.29, 0.717) is 23.2 Å². The lowest BCUT2D eigenvalue weighted by Crippen LogP contribution is -2.34. The predicted octanol–water partition coefficient (Wildman–Crippen LogP) is 4.31. The van der Waals surface area contributed by atoms with Crippen LogP contribution in [0.4, 0.5) is 14.9 Å². The van der Waals surface area contributed by atoms with Gasteiger partial charge in [0.1, 0.15) is 5.82 Å². The standard InChI is InChI=1S/C23H23FN2O5S/c1-23(2,28)16-12-20(31-13-16)32(29,30)26-22(27)25-21-18-8-4-5-14(18)9-10-19(21)15-6-3-7-17(24)11-15/h3,6-7,9-13,28H,4-5,8H2,1-2H3,(H2,25,26,27). The van der Waals surface area contributed by atoms with Crippen molar-refractivity contribution in [1.29, 1.82) is 0 Å². The summed E-state index contributed by atoms with van der Waals surface area (Å²) in [5.74, 6) is -0.415. The van der Waals surface area contributed by atoms with Crippen LogP contribution in [0.5, 0.6) is 0 Å². The molecule has 0 saturated heterocycles. The van der Waals surface area contributed by atoms with Gasteiger partial charge in [-0.3, -0.25) is 0 Å². The second kappa shape index (κ2) is 8.07. The maximum atomic E-state index is 13.8. The summed E-state index contributed by atoms with van der Waals surface area (Å²) in [6.45, 7) is 2.97. The quantitative estimate of drug-likeness (QED) is 0.528. The molecule has 0 fully saturated rings. The van der Waals surface area contributed by atoms with Gasteiger partial charge in [0.2, 0.25) is 5.09 Å². The van der Waals surface area contributed by atoms with Crippen molar-refractivity contribution in [2.75, 3.05) is 5.32 Å². The van der Waals surface area contributed by atoms with Gasteiger partial charge in [-0.2, -0.15) is 8.42 Å². The molecule has 3 aromatic rings. The van der Waals surface area contributed by atoms with Gasteiger partial charge in [0.25, 0.3) is 10.0 Å². The van der Waals surface area contributed by atoms with E-state index in [-0.39, 0.29) is 5.56 Å². The molecule has 0 unspecified atom stereocenters. The number of hydrogen-bond acceptors (Lipinski definition) is 5. The molecular formula is C23H23FN2O5S. The topological polar surface area (TPSA) is 109 Å². The highest BCUT2D eigenvalue weighted by Crippen LogP contribution is 2.37. The van der Waals surface area contributed by atoms with Crippen molar-refractivity contribution in [3.63, 3.8) is 0 Å². The first-order valence-corrected chi connectivity index (χ1v) is 11.6. The normalized spacial score (nSPS) is 13.6. The lowest BCUT2D eigenvalue weighted by molar-refractivity contribution is 0.0779. The van der Waals surface area contributed by atoms with Crippen LogP contribution < -0.4 is 10.0 Å². The number of fused-ring (bicyclic) bond motifs is 1. The molecule has 32 heavy (non-hydrogen) atoms. The second-order valence-electron chi connectivity index (χ2n) is 8.26. The number of sulfonamides is 1. The Hall–Kier alpha value is -3.17. The number of carbonyl (C=O) groups excluding carboxylic acids is 1. The number of rotatable bonds is 5. The molecule has 9 heteroatoms. The molecule has 0 atom stereocenters. The van der Waals surface area contributed by atoms with Crippen molar-refractivity contribution in [3.8, 4) is 11.1 Å². The summed E-state index contributed by atoms with van der Waals surface area (Å²) in [7, 11) is -4.32. The molecule has 1 aromatic heterocycles. The number of halogens is 1. The zero-order valence-corrected chi connectivity index (χ0v) is 18.4. The maximum absolute atomic E-state index is 13.8. The molecule has 4 rings (SSSR count). The summed E-state index contributed by atoms with van der Waals surface area (Å²) in [5, 5.41) is 12.2. The molecule has 3 N–H and O–H groups in total. The number of hydrogen-bond donors (Lipinski definition) is 3. The molecule has 0 aliphatic heterocycles. The van der Waals surface area contributed by atoms with Crippen LogP contribution in [0.2, 0.25) is 0 Å². The Balaban J connectivity index is 1.63. The van der Waals surface area contributed by atoms with E-state index in [9.17, 15) is 22.7 Å². The van der Waals surface area contributed by atoms with Gasteiger partial charge < -0.3 is 14.8 Å². The van der Waals surface area contributed by atoms with Crippen molar-refractivity contribution in [1.82, 2.24) is 4.72 Å². The molecule has 0 radical (unpaired) electrons. The van der Waals surface area contributed by atoms with Gasteiger partial charge in [-0.05, 0) is 61.9 Å². The monoisotopic (exact) mass is 458 g/mol. The van der Waals surface area contributed by atoms with Crippen molar-refractivity contribution in [2.24, 2.45) is 0 Å². The first kappa shape index (κ1) is 22.0. The van der Waals surface area contributed by atoms with Gasteiger partial charge in [0, 0.05) is 17.2 Å². The second-order valence-corrected chi connectivity index (χ2v) is 9.88. The molecule has 168 valence electrons. The third-order valence-electron chi connectivity index (χ3n) is 5.43. The fraction of sp³-hybridized carbons (Fsp3) is 0.261. The molecule has 1 aliphatic rings. The van der Waals surface area contributed by atoms with E-state index in [1.54, 1.807) is 18.2 Å². The van der Waals surface area contributed by atoms with E-state index >= 15 is 0 Å². The average molecular weight is 459 g/mol. The highest BCUT2D eigenvalue weighted by atomic mass is 32.2. The van der Waals surface area contributed by atoms with Gasteiger partial charge in [-0.15, -0.1) is 0 Å². The van der Waals surface area contributed by atoms with E-state index in [2.05, 4.69) is 5.32 Å². The van der Waals surface area contributed by atoms with E-state index in [0.717, 1.165) is 36.3 Å². The van der Waals surface area contributed by atoms with E-state index in [1.165, 1.54) is 26.0 Å². The number of anilines is 1. The Morgan fingerprint density at radius 2 is 1.94 bits per heavy atom. The Morgan fingerprint density at radius 1 is 1.16 bits per heavy atom. The van der Waals surface area contributed by atoms with Crippen LogP contribution in [-0.2, 0) is 28.5 Å². The van der Waals surface area contributed by atoms with Crippen LogP contribution in [0.3, 0.4) is 0 Å². The van der Waals surface area contributed by atoms with Gasteiger partial charge in [-0.1, -0.05) is 24.3 Å². The lowest BCUT2D eigenvalue weighted by atomic mass is 9.97. The average Bonchev–Trinajstić information content (AvgIpc) is 3.38. The number of aliphatic hydroxyl groups is 1. The number of benzene rings is 2.